The number of allylic oxidation sites excluding steroid dienone is 2. The maximum atomic E-state index is 10.8. The highest BCUT2D eigenvalue weighted by Gasteiger charge is 1.58. The van der Waals surface area contributed by atoms with Crippen LogP contribution in [0.2, 0.25) is 0 Å². The molecule has 0 heterocycles. The zero-order chi connectivity index (χ0) is 4.12. The smallest absolute Gasteiger partial charge is 0.153 e. The molecule has 0 aliphatic heterocycles. The van der Waals surface area contributed by atoms with Crippen molar-refractivity contribution < 1.29 is 4.39 Å². The molecule has 1 radical (unpaired) electrons. The third-order valence-corrected chi connectivity index (χ3v) is 0.265. The standard InChI is InChI=1S/C4H6F/c1-2-3-4-5/h2-4H,1H3. The average Bonchev–Trinajstić information content (AvgIpc) is 1.41. The molecule has 0 aliphatic carbocycles. The minimum absolute atomic E-state index is 0.500. The molecule has 0 nitrogen and oxygen atoms in total. The summed E-state index contributed by atoms with van der Waals surface area (Å²) in [4.78, 5) is 0. The van der Waals surface area contributed by atoms with E-state index in [1.54, 1.807) is 13.0 Å². The SMILES string of the molecule is CC=C[CH]F. The van der Waals surface area contributed by atoms with E-state index < -0.39 is 0 Å². The predicted molar refractivity (Wildman–Crippen MR) is 20.2 cm³/mol. The maximum Gasteiger partial charge on any atom is 0.153 e. The molecule has 0 unspecified atom stereocenters. The summed E-state index contributed by atoms with van der Waals surface area (Å²) in [6.07, 6.45) is 2.96. The van der Waals surface area contributed by atoms with Crippen LogP contribution < -0.4 is 0 Å². The lowest BCUT2D eigenvalue weighted by Gasteiger charge is -1.60. The normalized spacial score (nSPS) is 10.0. The van der Waals surface area contributed by atoms with Gasteiger partial charge >= 0.3 is 0 Å². The summed E-state index contributed by atoms with van der Waals surface area (Å²) in [5, 5.41) is 0. The molecule has 0 rings (SSSR count). The van der Waals surface area contributed by atoms with Gasteiger partial charge < -0.3 is 0 Å². The average molecular weight is 73.1 g/mol. The highest BCUT2D eigenvalue weighted by atomic mass is 19.1. The van der Waals surface area contributed by atoms with Crippen molar-refractivity contribution in [3.63, 3.8) is 0 Å². The van der Waals surface area contributed by atoms with Crippen LogP contribution in [0.3, 0.4) is 0 Å². The molecule has 0 amide bonds. The van der Waals surface area contributed by atoms with Crippen LogP contribution in [-0.2, 0) is 0 Å². The second-order valence-corrected chi connectivity index (χ2v) is 0.652. The van der Waals surface area contributed by atoms with Crippen molar-refractivity contribution in [3.8, 4) is 0 Å². The molecular formula is C4H6F. The van der Waals surface area contributed by atoms with Crippen molar-refractivity contribution in [2.24, 2.45) is 0 Å². The monoisotopic (exact) mass is 73.0 g/mol. The summed E-state index contributed by atoms with van der Waals surface area (Å²) in [7, 11) is 0. The third kappa shape index (κ3) is 3.67. The first kappa shape index (κ1) is 4.67. The predicted octanol–water partition coefficient (Wildman–Crippen LogP) is 1.69. The fourth-order valence-electron chi connectivity index (χ4n) is 0.0727. The topological polar surface area (TPSA) is 0 Å². The molecule has 0 saturated heterocycles. The van der Waals surface area contributed by atoms with Gasteiger partial charge in [-0.25, -0.2) is 4.39 Å². The van der Waals surface area contributed by atoms with E-state index >= 15 is 0 Å². The van der Waals surface area contributed by atoms with E-state index in [1.165, 1.54) is 6.08 Å². The van der Waals surface area contributed by atoms with E-state index in [1.807, 2.05) is 0 Å². The van der Waals surface area contributed by atoms with Crippen molar-refractivity contribution in [3.05, 3.63) is 18.8 Å². The van der Waals surface area contributed by atoms with E-state index in [2.05, 4.69) is 0 Å². The van der Waals surface area contributed by atoms with Gasteiger partial charge in [0.1, 0.15) is 0 Å². The number of rotatable bonds is 1. The van der Waals surface area contributed by atoms with Crippen LogP contribution in [0.5, 0.6) is 0 Å². The second kappa shape index (κ2) is 3.67. The lowest BCUT2D eigenvalue weighted by atomic mass is 10.6. The number of halogens is 1. The Kier molecular flexibility index (Phi) is 3.43. The van der Waals surface area contributed by atoms with Crippen LogP contribution in [0.25, 0.3) is 0 Å². The molecule has 0 bridgehead atoms. The van der Waals surface area contributed by atoms with Crippen LogP contribution in [0.4, 0.5) is 4.39 Å². The first-order valence-electron chi connectivity index (χ1n) is 1.46. The molecule has 0 saturated carbocycles. The van der Waals surface area contributed by atoms with Crippen LogP contribution in [0, 0.1) is 6.67 Å². The molecule has 0 N–H and O–H groups in total. The Hall–Kier alpha value is -0.330. The van der Waals surface area contributed by atoms with Gasteiger partial charge in [0.15, 0.2) is 6.67 Å². The van der Waals surface area contributed by atoms with Gasteiger partial charge in [-0.1, -0.05) is 12.2 Å². The quantitative estimate of drug-likeness (QED) is 0.443. The molecule has 0 aliphatic rings. The minimum atomic E-state index is 0.500. The van der Waals surface area contributed by atoms with Gasteiger partial charge in [0, 0.05) is 0 Å². The summed E-state index contributed by atoms with van der Waals surface area (Å²) in [6, 6.07) is 0. The van der Waals surface area contributed by atoms with Crippen molar-refractivity contribution in [1.29, 1.82) is 0 Å². The van der Waals surface area contributed by atoms with Crippen LogP contribution in [0.1, 0.15) is 6.92 Å². The first-order valence-corrected chi connectivity index (χ1v) is 1.46. The van der Waals surface area contributed by atoms with E-state index in [0.717, 1.165) is 0 Å². The molecule has 0 fully saturated rings. The molecule has 0 spiro atoms. The molecule has 0 aromatic heterocycles. The fraction of sp³-hybridized carbons (Fsp3) is 0.250. The summed E-state index contributed by atoms with van der Waals surface area (Å²) in [5.41, 5.74) is 0. The van der Waals surface area contributed by atoms with E-state index in [9.17, 15) is 4.39 Å². The van der Waals surface area contributed by atoms with Gasteiger partial charge in [0.05, 0.1) is 0 Å². The van der Waals surface area contributed by atoms with Crippen LogP contribution in [-0.4, -0.2) is 0 Å². The van der Waals surface area contributed by atoms with E-state index in [-0.39, 0.29) is 0 Å². The zero-order valence-electron chi connectivity index (χ0n) is 3.11. The van der Waals surface area contributed by atoms with Gasteiger partial charge in [-0.2, -0.15) is 0 Å². The largest absolute Gasteiger partial charge is 0.239 e. The summed E-state index contributed by atoms with van der Waals surface area (Å²) < 4.78 is 10.8. The number of hydrogen-bond donors (Lipinski definition) is 0. The third-order valence-electron chi connectivity index (χ3n) is 0.265. The van der Waals surface area contributed by atoms with Crippen LogP contribution >= 0.6 is 0 Å². The molecule has 0 atom stereocenters. The Balaban J connectivity index is 2.62. The van der Waals surface area contributed by atoms with Crippen molar-refractivity contribution in [2.75, 3.05) is 0 Å². The van der Waals surface area contributed by atoms with Crippen molar-refractivity contribution >= 4 is 0 Å². The van der Waals surface area contributed by atoms with Gasteiger partial charge in [-0.15, -0.1) is 0 Å². The summed E-state index contributed by atoms with van der Waals surface area (Å²) >= 11 is 0. The number of hydrogen-bond acceptors (Lipinski definition) is 0. The maximum absolute atomic E-state index is 10.8. The van der Waals surface area contributed by atoms with Gasteiger partial charge in [-0.05, 0) is 6.92 Å². The van der Waals surface area contributed by atoms with Gasteiger partial charge in [0.2, 0.25) is 0 Å². The Morgan fingerprint density at radius 2 is 2.20 bits per heavy atom. The van der Waals surface area contributed by atoms with Gasteiger partial charge in [-0.3, -0.25) is 0 Å². The molecule has 29 valence electrons. The van der Waals surface area contributed by atoms with E-state index in [4.69, 9.17) is 0 Å². The fourth-order valence-corrected chi connectivity index (χ4v) is 0.0727. The molecule has 0 aromatic carbocycles. The molecule has 1 heteroatoms. The summed E-state index contributed by atoms with van der Waals surface area (Å²) in [6.45, 7) is 2.26. The van der Waals surface area contributed by atoms with E-state index in [0.29, 0.717) is 6.67 Å². The van der Waals surface area contributed by atoms with Gasteiger partial charge in [0.25, 0.3) is 0 Å². The summed E-state index contributed by atoms with van der Waals surface area (Å²) in [5.74, 6) is 0. The zero-order valence-corrected chi connectivity index (χ0v) is 3.11. The molecule has 0 aromatic rings. The van der Waals surface area contributed by atoms with Crippen molar-refractivity contribution in [2.45, 2.75) is 6.92 Å². The second-order valence-electron chi connectivity index (χ2n) is 0.652. The molecular weight excluding hydrogens is 67.0 g/mol. The Morgan fingerprint density at radius 3 is 2.20 bits per heavy atom. The minimum Gasteiger partial charge on any atom is -0.239 e. The lowest BCUT2D eigenvalue weighted by molar-refractivity contribution is 0.656. The molecule has 5 heavy (non-hydrogen) atoms. The highest BCUT2D eigenvalue weighted by molar-refractivity contribution is 4.83. The first-order chi connectivity index (χ1) is 2.41. The Bertz CT molecular complexity index is 30.6. The lowest BCUT2D eigenvalue weighted by Crippen LogP contribution is -1.42. The van der Waals surface area contributed by atoms with Crippen molar-refractivity contribution in [1.82, 2.24) is 0 Å². The Morgan fingerprint density at radius 1 is 1.60 bits per heavy atom. The Labute approximate surface area is 31.3 Å². The highest BCUT2D eigenvalue weighted by Crippen LogP contribution is 1.75. The van der Waals surface area contributed by atoms with Crippen LogP contribution in [0.15, 0.2) is 12.2 Å².